The number of rotatable bonds is 3. The number of hydrogen-bond donors (Lipinski definition) is 1. The summed E-state index contributed by atoms with van der Waals surface area (Å²) in [6.07, 6.45) is 2.70. The van der Waals surface area contributed by atoms with Gasteiger partial charge in [0.15, 0.2) is 5.76 Å². The number of carbonyl (C=O) groups is 2. The number of fused-ring (bicyclic) bond motifs is 1. The summed E-state index contributed by atoms with van der Waals surface area (Å²) in [5.74, 6) is 1.97. The van der Waals surface area contributed by atoms with Crippen LogP contribution in [0.3, 0.4) is 0 Å². The van der Waals surface area contributed by atoms with Crippen molar-refractivity contribution in [2.75, 3.05) is 39.3 Å². The molecule has 0 aromatic carbocycles. The number of carbonyl (C=O) groups excluding carboxylic acids is 2. The molecule has 4 rings (SSSR count). The molecule has 1 N–H and O–H groups in total. The lowest BCUT2D eigenvalue weighted by molar-refractivity contribution is -0.133. The number of hydrogen-bond acceptors (Lipinski definition) is 4. The molecule has 2 amide bonds. The van der Waals surface area contributed by atoms with E-state index in [4.69, 9.17) is 4.42 Å². The molecule has 148 valence electrons. The van der Waals surface area contributed by atoms with E-state index >= 15 is 0 Å². The predicted octanol–water partition coefficient (Wildman–Crippen LogP) is 2.29. The van der Waals surface area contributed by atoms with E-state index in [-0.39, 0.29) is 22.6 Å². The minimum absolute atomic E-state index is 0.0155. The summed E-state index contributed by atoms with van der Waals surface area (Å²) in [4.78, 5) is 30.0. The fourth-order valence-electron chi connectivity index (χ4n) is 5.64. The van der Waals surface area contributed by atoms with Crippen molar-refractivity contribution in [2.24, 2.45) is 16.7 Å². The van der Waals surface area contributed by atoms with E-state index in [0.29, 0.717) is 24.8 Å². The van der Waals surface area contributed by atoms with Crippen LogP contribution in [0.5, 0.6) is 0 Å². The number of nitrogens with zero attached hydrogens (tertiary/aromatic N) is 2. The van der Waals surface area contributed by atoms with Crippen LogP contribution in [0, 0.1) is 23.7 Å². The molecule has 1 aromatic heterocycles. The lowest BCUT2D eigenvalue weighted by atomic mass is 9.60. The van der Waals surface area contributed by atoms with Crippen LogP contribution in [0.15, 0.2) is 16.5 Å². The van der Waals surface area contributed by atoms with Gasteiger partial charge in [-0.3, -0.25) is 9.59 Å². The summed E-state index contributed by atoms with van der Waals surface area (Å²) in [6, 6.07) is 3.59. The Kier molecular flexibility index (Phi) is 4.57. The maximum absolute atomic E-state index is 12.9. The Labute approximate surface area is 161 Å². The minimum Gasteiger partial charge on any atom is -0.456 e. The first-order chi connectivity index (χ1) is 12.9. The Hall–Kier alpha value is -1.82. The van der Waals surface area contributed by atoms with Gasteiger partial charge < -0.3 is 19.5 Å². The lowest BCUT2D eigenvalue weighted by Crippen LogP contribution is -2.53. The number of furan rings is 1. The van der Waals surface area contributed by atoms with Crippen LogP contribution in [0.25, 0.3) is 0 Å². The quantitative estimate of drug-likeness (QED) is 0.883. The molecule has 0 radical (unpaired) electrons. The van der Waals surface area contributed by atoms with E-state index in [1.807, 2.05) is 17.9 Å². The predicted molar refractivity (Wildman–Crippen MR) is 102 cm³/mol. The third kappa shape index (κ3) is 2.98. The van der Waals surface area contributed by atoms with Crippen molar-refractivity contribution < 1.29 is 14.0 Å². The molecule has 1 aromatic rings. The highest BCUT2D eigenvalue weighted by Crippen LogP contribution is 2.56. The van der Waals surface area contributed by atoms with Crippen molar-refractivity contribution in [3.05, 3.63) is 23.7 Å². The summed E-state index contributed by atoms with van der Waals surface area (Å²) >= 11 is 0. The molecule has 2 spiro atoms. The third-order valence-corrected chi connectivity index (χ3v) is 6.89. The maximum atomic E-state index is 12.9. The molecule has 4 heterocycles. The van der Waals surface area contributed by atoms with Crippen LogP contribution in [0.4, 0.5) is 0 Å². The molecule has 6 heteroatoms. The fourth-order valence-corrected chi connectivity index (χ4v) is 5.64. The van der Waals surface area contributed by atoms with Crippen LogP contribution < -0.4 is 5.32 Å². The van der Waals surface area contributed by atoms with Crippen LogP contribution in [-0.2, 0) is 4.79 Å². The number of piperidine rings is 1. The molecule has 0 unspecified atom stereocenters. The van der Waals surface area contributed by atoms with Gasteiger partial charge in [-0.1, -0.05) is 13.8 Å². The van der Waals surface area contributed by atoms with Crippen molar-refractivity contribution in [1.82, 2.24) is 15.1 Å². The maximum Gasteiger partial charge on any atom is 0.289 e. The zero-order valence-electron chi connectivity index (χ0n) is 16.7. The van der Waals surface area contributed by atoms with E-state index in [9.17, 15) is 9.59 Å². The zero-order chi connectivity index (χ0) is 19.2. The standard InChI is InChI=1S/C21H31N3O3/c1-15(2)12-23-13-20(21(14-23)6-9-22-19(21)26)7-10-24(11-8-20)18(25)17-5-4-16(3)27-17/h4-5,15H,6-14H2,1-3H3,(H,22,26)/t21-/m0/s1. The first kappa shape index (κ1) is 18.5. The normalized spacial score (nSPS) is 27.9. The fraction of sp³-hybridized carbons (Fsp3) is 0.714. The van der Waals surface area contributed by atoms with E-state index in [1.165, 1.54) is 0 Å². The molecular formula is C21H31N3O3. The molecule has 0 bridgehead atoms. The Morgan fingerprint density at radius 1 is 1.22 bits per heavy atom. The van der Waals surface area contributed by atoms with Crippen molar-refractivity contribution in [2.45, 2.75) is 40.0 Å². The van der Waals surface area contributed by atoms with Crippen LogP contribution >= 0.6 is 0 Å². The molecule has 3 aliphatic rings. The van der Waals surface area contributed by atoms with Crippen LogP contribution in [0.1, 0.15) is 49.4 Å². The van der Waals surface area contributed by atoms with Gasteiger partial charge in [0.1, 0.15) is 5.76 Å². The van der Waals surface area contributed by atoms with Gasteiger partial charge in [-0.2, -0.15) is 0 Å². The molecule has 6 nitrogen and oxygen atoms in total. The molecule has 1 atom stereocenters. The summed E-state index contributed by atoms with van der Waals surface area (Å²) in [5, 5.41) is 3.10. The van der Waals surface area contributed by atoms with E-state index < -0.39 is 0 Å². The lowest BCUT2D eigenvalue weighted by Gasteiger charge is -2.46. The van der Waals surface area contributed by atoms with E-state index in [2.05, 4.69) is 24.1 Å². The summed E-state index contributed by atoms with van der Waals surface area (Å²) in [6.45, 7) is 11.4. The Bertz CT molecular complexity index is 733. The molecule has 0 aliphatic carbocycles. The Balaban J connectivity index is 1.52. The second-order valence-electron chi connectivity index (χ2n) is 9.13. The largest absolute Gasteiger partial charge is 0.456 e. The Morgan fingerprint density at radius 3 is 2.52 bits per heavy atom. The number of likely N-dealkylation sites (tertiary alicyclic amines) is 2. The first-order valence-corrected chi connectivity index (χ1v) is 10.2. The third-order valence-electron chi connectivity index (χ3n) is 6.89. The SMILES string of the molecule is Cc1ccc(C(=O)N2CCC3(CC2)CN(CC(C)C)C[C@]32CCNC2=O)o1. The van der Waals surface area contributed by atoms with Gasteiger partial charge in [0, 0.05) is 44.7 Å². The van der Waals surface area contributed by atoms with E-state index in [0.717, 1.165) is 51.2 Å². The van der Waals surface area contributed by atoms with Crippen molar-refractivity contribution in [3.8, 4) is 0 Å². The average molecular weight is 373 g/mol. The molecule has 0 saturated carbocycles. The van der Waals surface area contributed by atoms with Gasteiger partial charge in [0.05, 0.1) is 5.41 Å². The Morgan fingerprint density at radius 2 is 1.96 bits per heavy atom. The molecular weight excluding hydrogens is 342 g/mol. The van der Waals surface area contributed by atoms with Crippen molar-refractivity contribution >= 4 is 11.8 Å². The highest BCUT2D eigenvalue weighted by Gasteiger charge is 2.63. The number of amides is 2. The second kappa shape index (κ2) is 6.66. The molecule has 3 saturated heterocycles. The summed E-state index contributed by atoms with van der Waals surface area (Å²) < 4.78 is 5.52. The highest BCUT2D eigenvalue weighted by molar-refractivity contribution is 5.91. The van der Waals surface area contributed by atoms with E-state index in [1.54, 1.807) is 6.07 Å². The van der Waals surface area contributed by atoms with Crippen molar-refractivity contribution in [1.29, 1.82) is 0 Å². The monoisotopic (exact) mass is 373 g/mol. The van der Waals surface area contributed by atoms with Crippen molar-refractivity contribution in [3.63, 3.8) is 0 Å². The van der Waals surface area contributed by atoms with Gasteiger partial charge in [0.2, 0.25) is 5.91 Å². The van der Waals surface area contributed by atoms with Crippen LogP contribution in [-0.4, -0.2) is 60.9 Å². The number of aryl methyl sites for hydroxylation is 1. The first-order valence-electron chi connectivity index (χ1n) is 10.2. The molecule has 3 fully saturated rings. The smallest absolute Gasteiger partial charge is 0.289 e. The van der Waals surface area contributed by atoms with Gasteiger partial charge in [-0.25, -0.2) is 0 Å². The molecule has 27 heavy (non-hydrogen) atoms. The van der Waals surface area contributed by atoms with Gasteiger partial charge in [0.25, 0.3) is 5.91 Å². The van der Waals surface area contributed by atoms with Gasteiger partial charge in [-0.05, 0) is 44.2 Å². The summed E-state index contributed by atoms with van der Waals surface area (Å²) in [5.41, 5.74) is -0.295. The average Bonchev–Trinajstić information content (AvgIpc) is 3.28. The van der Waals surface area contributed by atoms with Gasteiger partial charge >= 0.3 is 0 Å². The van der Waals surface area contributed by atoms with Crippen LogP contribution in [0.2, 0.25) is 0 Å². The topological polar surface area (TPSA) is 65.8 Å². The molecule has 3 aliphatic heterocycles. The number of nitrogens with one attached hydrogen (secondary N) is 1. The highest BCUT2D eigenvalue weighted by atomic mass is 16.3. The van der Waals surface area contributed by atoms with Gasteiger partial charge in [-0.15, -0.1) is 0 Å². The summed E-state index contributed by atoms with van der Waals surface area (Å²) in [7, 11) is 0. The zero-order valence-corrected chi connectivity index (χ0v) is 16.7. The minimum atomic E-state index is -0.279. The second-order valence-corrected chi connectivity index (χ2v) is 9.13.